The number of amides is 2. The molecular formula is C20H20Cl2N4O4. The summed E-state index contributed by atoms with van der Waals surface area (Å²) >= 11 is 12.1. The molecule has 0 aliphatic heterocycles. The average molecular weight is 451 g/mol. The van der Waals surface area contributed by atoms with Crippen LogP contribution in [0.3, 0.4) is 0 Å². The van der Waals surface area contributed by atoms with Gasteiger partial charge < -0.3 is 24.8 Å². The lowest BCUT2D eigenvalue weighted by Crippen LogP contribution is -2.20. The van der Waals surface area contributed by atoms with E-state index in [-0.39, 0.29) is 5.02 Å². The van der Waals surface area contributed by atoms with E-state index < -0.39 is 6.03 Å². The van der Waals surface area contributed by atoms with Crippen molar-refractivity contribution in [3.63, 3.8) is 0 Å². The second kappa shape index (κ2) is 9.15. The van der Waals surface area contributed by atoms with E-state index in [0.717, 1.165) is 0 Å². The van der Waals surface area contributed by atoms with Gasteiger partial charge in [0.15, 0.2) is 11.5 Å². The molecule has 0 spiro atoms. The van der Waals surface area contributed by atoms with E-state index in [1.54, 1.807) is 37.3 Å². The summed E-state index contributed by atoms with van der Waals surface area (Å²) in [4.78, 5) is 12.6. The van der Waals surface area contributed by atoms with E-state index in [0.29, 0.717) is 50.6 Å². The molecule has 3 N–H and O–H groups in total. The Hall–Kier alpha value is -3.10. The predicted molar refractivity (Wildman–Crippen MR) is 118 cm³/mol. The summed E-state index contributed by atoms with van der Waals surface area (Å²) in [5, 5.41) is 13.3. The van der Waals surface area contributed by atoms with Gasteiger partial charge >= 0.3 is 6.03 Å². The second-order valence-corrected chi connectivity index (χ2v) is 6.95. The van der Waals surface area contributed by atoms with Crippen molar-refractivity contribution in [2.24, 2.45) is 0 Å². The predicted octanol–water partition coefficient (Wildman–Crippen LogP) is 5.36. The number of anilines is 2. The third-order valence-corrected chi connectivity index (χ3v) is 5.14. The summed E-state index contributed by atoms with van der Waals surface area (Å²) in [5.74, 6) is 1.39. The number of urea groups is 1. The maximum atomic E-state index is 12.6. The zero-order valence-corrected chi connectivity index (χ0v) is 18.2. The first-order valence-corrected chi connectivity index (χ1v) is 9.52. The number of ether oxygens (including phenoxy) is 3. The number of methoxy groups -OCH3 is 3. The number of carbonyl (C=O) groups is 1. The Bertz CT molecular complexity index is 1060. The van der Waals surface area contributed by atoms with Crippen molar-refractivity contribution in [1.82, 2.24) is 10.2 Å². The van der Waals surface area contributed by atoms with Crippen LogP contribution in [0.1, 0.15) is 5.69 Å². The van der Waals surface area contributed by atoms with E-state index in [9.17, 15) is 4.79 Å². The van der Waals surface area contributed by atoms with Gasteiger partial charge in [-0.25, -0.2) is 4.79 Å². The van der Waals surface area contributed by atoms with Crippen molar-refractivity contribution in [2.45, 2.75) is 6.92 Å². The third kappa shape index (κ3) is 4.24. The molecule has 3 rings (SSSR count). The SMILES string of the molecule is COc1cc(-c2n[nH]c(C)c2NC(=O)Nc2cccc(Cl)c2Cl)cc(OC)c1OC. The highest BCUT2D eigenvalue weighted by atomic mass is 35.5. The Kier molecular flexibility index (Phi) is 6.59. The molecule has 0 aliphatic carbocycles. The van der Waals surface area contributed by atoms with Crippen molar-refractivity contribution < 1.29 is 19.0 Å². The van der Waals surface area contributed by atoms with E-state index in [2.05, 4.69) is 20.8 Å². The highest BCUT2D eigenvalue weighted by Crippen LogP contribution is 2.42. The fourth-order valence-electron chi connectivity index (χ4n) is 2.88. The van der Waals surface area contributed by atoms with Gasteiger partial charge in [-0.15, -0.1) is 0 Å². The van der Waals surface area contributed by atoms with E-state index in [1.807, 2.05) is 0 Å². The van der Waals surface area contributed by atoms with E-state index in [4.69, 9.17) is 37.4 Å². The molecule has 2 amide bonds. The molecule has 2 aromatic carbocycles. The fraction of sp³-hybridized carbons (Fsp3) is 0.200. The normalized spacial score (nSPS) is 10.5. The molecule has 0 unspecified atom stereocenters. The quantitative estimate of drug-likeness (QED) is 0.469. The molecule has 10 heteroatoms. The minimum atomic E-state index is -0.502. The topological polar surface area (TPSA) is 97.5 Å². The molecule has 0 radical (unpaired) electrons. The number of hydrogen-bond acceptors (Lipinski definition) is 5. The highest BCUT2D eigenvalue weighted by molar-refractivity contribution is 6.44. The molecule has 0 saturated heterocycles. The lowest BCUT2D eigenvalue weighted by Gasteiger charge is -2.14. The number of aromatic nitrogens is 2. The molecule has 0 bridgehead atoms. The van der Waals surface area contributed by atoms with Gasteiger partial charge in [-0.1, -0.05) is 29.3 Å². The van der Waals surface area contributed by atoms with Crippen LogP contribution in [-0.2, 0) is 0 Å². The minimum absolute atomic E-state index is 0.253. The molecule has 30 heavy (non-hydrogen) atoms. The Balaban J connectivity index is 1.94. The number of aromatic amines is 1. The molecule has 0 fully saturated rings. The van der Waals surface area contributed by atoms with Crippen molar-refractivity contribution in [1.29, 1.82) is 0 Å². The maximum absolute atomic E-state index is 12.6. The summed E-state index contributed by atoms with van der Waals surface area (Å²) in [5.41, 5.74) is 2.69. The van der Waals surface area contributed by atoms with Crippen molar-refractivity contribution in [3.05, 3.63) is 46.1 Å². The van der Waals surface area contributed by atoms with Crippen LogP contribution in [0.2, 0.25) is 10.0 Å². The number of nitrogens with zero attached hydrogens (tertiary/aromatic N) is 1. The van der Waals surface area contributed by atoms with Crippen LogP contribution in [0.5, 0.6) is 17.2 Å². The van der Waals surface area contributed by atoms with Gasteiger partial charge in [0, 0.05) is 5.56 Å². The smallest absolute Gasteiger partial charge is 0.323 e. The molecule has 1 heterocycles. The summed E-state index contributed by atoms with van der Waals surface area (Å²) in [7, 11) is 4.58. The number of hydrogen-bond donors (Lipinski definition) is 3. The monoisotopic (exact) mass is 450 g/mol. The number of halogens is 2. The van der Waals surface area contributed by atoms with Gasteiger partial charge in [0.1, 0.15) is 5.69 Å². The van der Waals surface area contributed by atoms with Crippen LogP contribution in [0.25, 0.3) is 11.3 Å². The second-order valence-electron chi connectivity index (χ2n) is 6.17. The van der Waals surface area contributed by atoms with E-state index in [1.165, 1.54) is 21.3 Å². The first kappa shape index (κ1) is 21.6. The first-order valence-electron chi connectivity index (χ1n) is 8.77. The number of carbonyl (C=O) groups excluding carboxylic acids is 1. The summed E-state index contributed by atoms with van der Waals surface area (Å²) in [6.45, 7) is 1.79. The minimum Gasteiger partial charge on any atom is -0.493 e. The first-order chi connectivity index (χ1) is 14.4. The van der Waals surface area contributed by atoms with Crippen LogP contribution >= 0.6 is 23.2 Å². The Morgan fingerprint density at radius 1 is 1.03 bits per heavy atom. The maximum Gasteiger partial charge on any atom is 0.323 e. The number of rotatable bonds is 6. The molecule has 158 valence electrons. The molecule has 0 saturated carbocycles. The molecule has 8 nitrogen and oxygen atoms in total. The van der Waals surface area contributed by atoms with Crippen LogP contribution in [0.4, 0.5) is 16.2 Å². The van der Waals surface area contributed by atoms with Crippen LogP contribution in [-0.4, -0.2) is 37.6 Å². The van der Waals surface area contributed by atoms with Crippen LogP contribution in [0.15, 0.2) is 30.3 Å². The van der Waals surface area contributed by atoms with Crippen molar-refractivity contribution in [2.75, 3.05) is 32.0 Å². The molecule has 0 atom stereocenters. The average Bonchev–Trinajstić information content (AvgIpc) is 3.10. The third-order valence-electron chi connectivity index (χ3n) is 4.32. The number of aryl methyl sites for hydroxylation is 1. The van der Waals surface area contributed by atoms with Crippen LogP contribution in [0, 0.1) is 6.92 Å². The number of nitrogens with one attached hydrogen (secondary N) is 3. The Morgan fingerprint density at radius 3 is 2.30 bits per heavy atom. The van der Waals surface area contributed by atoms with Crippen LogP contribution < -0.4 is 24.8 Å². The van der Waals surface area contributed by atoms with Crippen molar-refractivity contribution in [3.8, 4) is 28.5 Å². The number of benzene rings is 2. The number of H-pyrrole nitrogens is 1. The fourth-order valence-corrected chi connectivity index (χ4v) is 3.22. The van der Waals surface area contributed by atoms with Gasteiger partial charge in [-0.3, -0.25) is 5.10 Å². The Labute approximate surface area is 183 Å². The highest BCUT2D eigenvalue weighted by Gasteiger charge is 2.20. The zero-order chi connectivity index (χ0) is 21.8. The summed E-state index contributed by atoms with van der Waals surface area (Å²) in [6, 6.07) is 7.96. The lowest BCUT2D eigenvalue weighted by molar-refractivity contribution is 0.262. The van der Waals surface area contributed by atoms with Gasteiger partial charge in [0.25, 0.3) is 0 Å². The summed E-state index contributed by atoms with van der Waals surface area (Å²) < 4.78 is 16.2. The molecule has 0 aliphatic rings. The van der Waals surface area contributed by atoms with Gasteiger partial charge in [0.2, 0.25) is 5.75 Å². The molecule has 3 aromatic rings. The molecular weight excluding hydrogens is 431 g/mol. The lowest BCUT2D eigenvalue weighted by atomic mass is 10.1. The van der Waals surface area contributed by atoms with Gasteiger partial charge in [-0.2, -0.15) is 5.10 Å². The Morgan fingerprint density at radius 2 is 1.70 bits per heavy atom. The zero-order valence-electron chi connectivity index (χ0n) is 16.7. The standard InChI is InChI=1S/C20H20Cl2N4O4/c1-10-17(24-20(27)23-13-7-5-6-12(21)16(13)22)18(26-25-10)11-8-14(28-2)19(30-4)15(9-11)29-3/h5-9H,1-4H3,(H,25,26)(H2,23,24,27). The summed E-state index contributed by atoms with van der Waals surface area (Å²) in [6.07, 6.45) is 0. The van der Waals surface area contributed by atoms with Gasteiger partial charge in [-0.05, 0) is 31.2 Å². The van der Waals surface area contributed by atoms with Gasteiger partial charge in [0.05, 0.1) is 48.4 Å². The largest absolute Gasteiger partial charge is 0.493 e. The molecule has 1 aromatic heterocycles. The van der Waals surface area contributed by atoms with E-state index >= 15 is 0 Å². The van der Waals surface area contributed by atoms with Crippen molar-refractivity contribution >= 4 is 40.6 Å².